The fourth-order valence-electron chi connectivity index (χ4n) is 2.97. The Labute approximate surface area is 180 Å². The van der Waals surface area contributed by atoms with Crippen molar-refractivity contribution in [3.63, 3.8) is 0 Å². The van der Waals surface area contributed by atoms with Gasteiger partial charge in [-0.3, -0.25) is 9.59 Å². The minimum Gasteiger partial charge on any atom is -0.492 e. The summed E-state index contributed by atoms with van der Waals surface area (Å²) < 4.78 is 10.6. The number of carbonyl (C=O) groups is 3. The molecule has 6 heteroatoms. The van der Waals surface area contributed by atoms with Gasteiger partial charge in [0.15, 0.2) is 12.4 Å². The first-order valence-corrected chi connectivity index (χ1v) is 9.88. The quantitative estimate of drug-likeness (QED) is 0.433. The van der Waals surface area contributed by atoms with E-state index >= 15 is 0 Å². The third kappa shape index (κ3) is 5.57. The second-order valence-corrected chi connectivity index (χ2v) is 6.79. The molecule has 3 aromatic rings. The van der Waals surface area contributed by atoms with Crippen LogP contribution in [0.3, 0.4) is 0 Å². The molecule has 6 nitrogen and oxygen atoms in total. The molecular formula is C25H23NO5. The highest BCUT2D eigenvalue weighted by Gasteiger charge is 2.20. The summed E-state index contributed by atoms with van der Waals surface area (Å²) in [5, 5.41) is 2.66. The first kappa shape index (κ1) is 21.8. The zero-order valence-electron chi connectivity index (χ0n) is 17.4. The lowest BCUT2D eigenvalue weighted by Crippen LogP contribution is -2.22. The van der Waals surface area contributed by atoms with Crippen molar-refractivity contribution >= 4 is 23.3 Å². The number of nitrogens with one attached hydrogen (secondary N) is 1. The van der Waals surface area contributed by atoms with Crippen molar-refractivity contribution in [1.82, 2.24) is 0 Å². The monoisotopic (exact) mass is 417 g/mol. The molecule has 0 aliphatic heterocycles. The van der Waals surface area contributed by atoms with Crippen LogP contribution in [0, 0.1) is 6.92 Å². The van der Waals surface area contributed by atoms with E-state index in [4.69, 9.17) is 9.47 Å². The van der Waals surface area contributed by atoms with Gasteiger partial charge in [-0.2, -0.15) is 0 Å². The number of esters is 1. The molecule has 158 valence electrons. The first-order valence-electron chi connectivity index (χ1n) is 9.88. The molecule has 0 saturated carbocycles. The van der Waals surface area contributed by atoms with Crippen LogP contribution in [0.4, 0.5) is 5.69 Å². The fourth-order valence-corrected chi connectivity index (χ4v) is 2.97. The van der Waals surface area contributed by atoms with E-state index in [1.807, 2.05) is 26.0 Å². The summed E-state index contributed by atoms with van der Waals surface area (Å²) in [6, 6.07) is 20.5. The largest absolute Gasteiger partial charge is 0.492 e. The van der Waals surface area contributed by atoms with Crippen molar-refractivity contribution in [2.45, 2.75) is 13.8 Å². The van der Waals surface area contributed by atoms with Crippen molar-refractivity contribution in [2.24, 2.45) is 0 Å². The average Bonchev–Trinajstić information content (AvgIpc) is 2.79. The molecule has 0 fully saturated rings. The van der Waals surface area contributed by atoms with Crippen LogP contribution in [0.1, 0.15) is 38.8 Å². The Morgan fingerprint density at radius 1 is 0.839 bits per heavy atom. The normalized spacial score (nSPS) is 10.3. The molecule has 0 spiro atoms. The number of anilines is 1. The summed E-state index contributed by atoms with van der Waals surface area (Å²) in [6.45, 7) is 3.73. The van der Waals surface area contributed by atoms with Gasteiger partial charge in [0.2, 0.25) is 0 Å². The highest BCUT2D eigenvalue weighted by atomic mass is 16.5. The second-order valence-electron chi connectivity index (χ2n) is 6.79. The average molecular weight is 417 g/mol. The lowest BCUT2D eigenvalue weighted by atomic mass is 9.98. The number of aryl methyl sites for hydroxylation is 1. The van der Waals surface area contributed by atoms with E-state index in [1.165, 1.54) is 6.07 Å². The van der Waals surface area contributed by atoms with Gasteiger partial charge in [0.05, 0.1) is 17.9 Å². The Balaban J connectivity index is 1.68. The van der Waals surface area contributed by atoms with Gasteiger partial charge in [0.25, 0.3) is 5.91 Å². The number of rotatable bonds is 8. The molecular weight excluding hydrogens is 394 g/mol. The molecule has 0 heterocycles. The molecule has 0 bridgehead atoms. The number of amides is 1. The Hall–Kier alpha value is -3.93. The number of benzene rings is 3. The maximum atomic E-state index is 12.9. The van der Waals surface area contributed by atoms with Crippen molar-refractivity contribution in [2.75, 3.05) is 18.5 Å². The van der Waals surface area contributed by atoms with Crippen LogP contribution in [0.25, 0.3) is 0 Å². The number of para-hydroxylation sites is 2. The number of hydrogen-bond acceptors (Lipinski definition) is 5. The molecule has 3 rings (SSSR count). The van der Waals surface area contributed by atoms with Crippen molar-refractivity contribution in [3.05, 3.63) is 95.1 Å². The highest BCUT2D eigenvalue weighted by molar-refractivity contribution is 6.14. The van der Waals surface area contributed by atoms with E-state index in [1.54, 1.807) is 54.6 Å². The molecule has 3 aromatic carbocycles. The SMILES string of the molecule is CCOc1ccccc1NC(=O)COC(=O)c1ccccc1C(=O)c1ccc(C)cc1. The van der Waals surface area contributed by atoms with Gasteiger partial charge in [-0.25, -0.2) is 4.79 Å². The molecule has 0 radical (unpaired) electrons. The number of ketones is 1. The summed E-state index contributed by atoms with van der Waals surface area (Å²) in [5.41, 5.74) is 2.31. The van der Waals surface area contributed by atoms with E-state index in [2.05, 4.69) is 5.32 Å². The molecule has 1 amide bonds. The molecule has 1 N–H and O–H groups in total. The molecule has 31 heavy (non-hydrogen) atoms. The van der Waals surface area contributed by atoms with E-state index < -0.39 is 18.5 Å². The van der Waals surface area contributed by atoms with Crippen LogP contribution in [0.2, 0.25) is 0 Å². The maximum absolute atomic E-state index is 12.9. The standard InChI is InChI=1S/C25H23NO5/c1-3-30-22-11-7-6-10-21(22)26-23(27)16-31-25(29)20-9-5-4-8-19(20)24(28)18-14-12-17(2)13-15-18/h4-15H,3,16H2,1-2H3,(H,26,27). The first-order chi connectivity index (χ1) is 15.0. The zero-order valence-corrected chi connectivity index (χ0v) is 17.4. The van der Waals surface area contributed by atoms with Crippen LogP contribution in [0.15, 0.2) is 72.8 Å². The lowest BCUT2D eigenvalue weighted by molar-refractivity contribution is -0.119. The van der Waals surface area contributed by atoms with Crippen molar-refractivity contribution in [1.29, 1.82) is 0 Å². The van der Waals surface area contributed by atoms with Gasteiger partial charge < -0.3 is 14.8 Å². The van der Waals surface area contributed by atoms with Gasteiger partial charge in [-0.1, -0.05) is 60.2 Å². The van der Waals surface area contributed by atoms with E-state index in [0.29, 0.717) is 23.6 Å². The Bertz CT molecular complexity index is 1090. The fraction of sp³-hybridized carbons (Fsp3) is 0.160. The van der Waals surface area contributed by atoms with E-state index in [0.717, 1.165) is 5.56 Å². The molecule has 0 saturated heterocycles. The Morgan fingerprint density at radius 2 is 1.48 bits per heavy atom. The van der Waals surface area contributed by atoms with Crippen LogP contribution >= 0.6 is 0 Å². The number of hydrogen-bond donors (Lipinski definition) is 1. The summed E-state index contributed by atoms with van der Waals surface area (Å²) in [7, 11) is 0. The van der Waals surface area contributed by atoms with Gasteiger partial charge >= 0.3 is 5.97 Å². The van der Waals surface area contributed by atoms with Crippen LogP contribution in [0.5, 0.6) is 5.75 Å². The van der Waals surface area contributed by atoms with Gasteiger partial charge in [0.1, 0.15) is 5.75 Å². The minimum absolute atomic E-state index is 0.107. The van der Waals surface area contributed by atoms with Crippen LogP contribution in [-0.2, 0) is 9.53 Å². The number of carbonyl (C=O) groups excluding carboxylic acids is 3. The smallest absolute Gasteiger partial charge is 0.339 e. The third-order valence-corrected chi connectivity index (χ3v) is 4.50. The molecule has 0 unspecified atom stereocenters. The molecule has 0 aliphatic rings. The summed E-state index contributed by atoms with van der Waals surface area (Å²) >= 11 is 0. The number of ether oxygens (including phenoxy) is 2. The van der Waals surface area contributed by atoms with E-state index in [9.17, 15) is 14.4 Å². The zero-order chi connectivity index (χ0) is 22.2. The topological polar surface area (TPSA) is 81.7 Å². The van der Waals surface area contributed by atoms with Crippen molar-refractivity contribution < 1.29 is 23.9 Å². The van der Waals surface area contributed by atoms with Crippen LogP contribution in [-0.4, -0.2) is 30.9 Å². The Kier molecular flexibility index (Phi) is 7.17. The maximum Gasteiger partial charge on any atom is 0.339 e. The van der Waals surface area contributed by atoms with Crippen molar-refractivity contribution in [3.8, 4) is 5.75 Å². The highest BCUT2D eigenvalue weighted by Crippen LogP contribution is 2.23. The summed E-state index contributed by atoms with van der Waals surface area (Å²) in [6.07, 6.45) is 0. The second kappa shape index (κ2) is 10.2. The van der Waals surface area contributed by atoms with Gasteiger partial charge in [0, 0.05) is 11.1 Å². The molecule has 0 aliphatic carbocycles. The van der Waals surface area contributed by atoms with Crippen LogP contribution < -0.4 is 10.1 Å². The molecule has 0 aromatic heterocycles. The predicted octanol–water partition coefficient (Wildman–Crippen LogP) is 4.42. The minimum atomic E-state index is -0.746. The van der Waals surface area contributed by atoms with Gasteiger partial charge in [-0.15, -0.1) is 0 Å². The van der Waals surface area contributed by atoms with Gasteiger partial charge in [-0.05, 0) is 32.0 Å². The Morgan fingerprint density at radius 3 is 2.19 bits per heavy atom. The summed E-state index contributed by atoms with van der Waals surface area (Å²) in [5.74, 6) is -1.02. The third-order valence-electron chi connectivity index (χ3n) is 4.50. The summed E-state index contributed by atoms with van der Waals surface area (Å²) in [4.78, 5) is 37.7. The van der Waals surface area contributed by atoms with E-state index in [-0.39, 0.29) is 16.9 Å². The predicted molar refractivity (Wildman–Crippen MR) is 118 cm³/mol. The lowest BCUT2D eigenvalue weighted by Gasteiger charge is -2.12. The molecule has 0 atom stereocenters.